The van der Waals surface area contributed by atoms with Crippen molar-refractivity contribution in [3.63, 3.8) is 0 Å². The molecule has 1 aliphatic rings. The molecule has 0 spiro atoms. The highest BCUT2D eigenvalue weighted by Crippen LogP contribution is 2.21. The lowest BCUT2D eigenvalue weighted by Gasteiger charge is -2.14. The van der Waals surface area contributed by atoms with Gasteiger partial charge in [-0.15, -0.1) is 0 Å². The molecule has 1 atom stereocenters. The summed E-state index contributed by atoms with van der Waals surface area (Å²) in [7, 11) is 0. The zero-order valence-corrected chi connectivity index (χ0v) is 11.8. The molecule has 1 fully saturated rings. The van der Waals surface area contributed by atoms with Crippen LogP contribution in [0.25, 0.3) is 6.08 Å². The van der Waals surface area contributed by atoms with E-state index in [1.54, 1.807) is 6.08 Å². The number of primary amides is 1. The van der Waals surface area contributed by atoms with Gasteiger partial charge in [-0.2, -0.15) is 5.26 Å². The van der Waals surface area contributed by atoms with Crippen LogP contribution in [-0.2, 0) is 16.1 Å². The van der Waals surface area contributed by atoms with Crippen LogP contribution in [0.2, 0.25) is 0 Å². The highest BCUT2D eigenvalue weighted by atomic mass is 16.5. The maximum Gasteiger partial charge on any atom is 0.259 e. The van der Waals surface area contributed by atoms with Gasteiger partial charge in [0.2, 0.25) is 0 Å². The summed E-state index contributed by atoms with van der Waals surface area (Å²) >= 11 is 0. The maximum absolute atomic E-state index is 11.1. The number of aryl methyl sites for hydroxylation is 1. The largest absolute Gasteiger partial charge is 0.376 e. The Bertz CT molecular complexity index is 587. The van der Waals surface area contributed by atoms with Gasteiger partial charge in [-0.1, -0.05) is 0 Å². The molecule has 1 aromatic rings. The first-order valence-electron chi connectivity index (χ1n) is 6.73. The second kappa shape index (κ2) is 5.93. The predicted octanol–water partition coefficient (Wildman–Crippen LogP) is 1.68. The van der Waals surface area contributed by atoms with Crippen LogP contribution in [0.3, 0.4) is 0 Å². The van der Waals surface area contributed by atoms with Crippen LogP contribution in [-0.4, -0.2) is 23.2 Å². The molecule has 1 saturated heterocycles. The molecule has 0 radical (unpaired) electrons. The number of hydrogen-bond donors (Lipinski definition) is 1. The van der Waals surface area contributed by atoms with E-state index in [0.717, 1.165) is 42.9 Å². The molecular formula is C15H19N3O2. The Morgan fingerprint density at radius 2 is 2.40 bits per heavy atom. The van der Waals surface area contributed by atoms with Gasteiger partial charge >= 0.3 is 0 Å². The first-order chi connectivity index (χ1) is 9.52. The van der Waals surface area contributed by atoms with Crippen LogP contribution in [0.4, 0.5) is 0 Å². The number of ether oxygens (including phenoxy) is 1. The van der Waals surface area contributed by atoms with Crippen LogP contribution in [0.1, 0.15) is 29.8 Å². The average molecular weight is 273 g/mol. The van der Waals surface area contributed by atoms with E-state index in [2.05, 4.69) is 4.57 Å². The predicted molar refractivity (Wildman–Crippen MR) is 75.7 cm³/mol. The number of rotatable bonds is 4. The van der Waals surface area contributed by atoms with Crippen molar-refractivity contribution in [3.8, 4) is 6.07 Å². The number of carbonyl (C=O) groups excluding carboxylic acids is 1. The molecule has 0 aromatic carbocycles. The van der Waals surface area contributed by atoms with E-state index in [4.69, 9.17) is 15.7 Å². The maximum atomic E-state index is 11.1. The Labute approximate surface area is 118 Å². The molecule has 0 saturated carbocycles. The molecule has 5 heteroatoms. The summed E-state index contributed by atoms with van der Waals surface area (Å²) in [6, 6.07) is 3.79. The first kappa shape index (κ1) is 14.4. The first-order valence-corrected chi connectivity index (χ1v) is 6.73. The van der Waals surface area contributed by atoms with Crippen molar-refractivity contribution in [2.24, 2.45) is 5.73 Å². The Hall–Kier alpha value is -2.06. The molecule has 0 aliphatic carbocycles. The third-order valence-corrected chi connectivity index (χ3v) is 3.71. The molecule has 106 valence electrons. The van der Waals surface area contributed by atoms with E-state index >= 15 is 0 Å². The van der Waals surface area contributed by atoms with Crippen molar-refractivity contribution in [1.29, 1.82) is 5.26 Å². The van der Waals surface area contributed by atoms with Gasteiger partial charge in [0.05, 0.1) is 6.10 Å². The summed E-state index contributed by atoms with van der Waals surface area (Å²) in [5.74, 6) is -0.698. The normalized spacial score (nSPS) is 19.1. The van der Waals surface area contributed by atoms with Crippen molar-refractivity contribution >= 4 is 12.0 Å². The Morgan fingerprint density at radius 1 is 1.65 bits per heavy atom. The van der Waals surface area contributed by atoms with E-state index in [9.17, 15) is 4.79 Å². The quantitative estimate of drug-likeness (QED) is 0.669. The van der Waals surface area contributed by atoms with E-state index in [1.165, 1.54) is 0 Å². The minimum atomic E-state index is -0.698. The molecule has 1 unspecified atom stereocenters. The van der Waals surface area contributed by atoms with Gasteiger partial charge in [0.1, 0.15) is 11.6 Å². The molecular weight excluding hydrogens is 254 g/mol. The van der Waals surface area contributed by atoms with E-state index < -0.39 is 5.91 Å². The highest BCUT2D eigenvalue weighted by molar-refractivity contribution is 6.00. The smallest absolute Gasteiger partial charge is 0.259 e. The summed E-state index contributed by atoms with van der Waals surface area (Å²) in [5, 5.41) is 8.91. The molecule has 2 rings (SSSR count). The summed E-state index contributed by atoms with van der Waals surface area (Å²) in [5.41, 5.74) is 8.11. The fourth-order valence-electron chi connectivity index (χ4n) is 2.56. The lowest BCUT2D eigenvalue weighted by molar-refractivity contribution is -0.114. The Balaban J connectivity index is 2.28. The molecule has 1 amide bonds. The van der Waals surface area contributed by atoms with Crippen LogP contribution in [0.5, 0.6) is 0 Å². The van der Waals surface area contributed by atoms with Crippen molar-refractivity contribution in [1.82, 2.24) is 4.57 Å². The topological polar surface area (TPSA) is 81.0 Å². The minimum absolute atomic E-state index is 0.0256. The van der Waals surface area contributed by atoms with Crippen LogP contribution in [0.15, 0.2) is 11.6 Å². The van der Waals surface area contributed by atoms with Gasteiger partial charge < -0.3 is 15.0 Å². The summed E-state index contributed by atoms with van der Waals surface area (Å²) in [4.78, 5) is 11.1. The summed E-state index contributed by atoms with van der Waals surface area (Å²) < 4.78 is 7.82. The van der Waals surface area contributed by atoms with Gasteiger partial charge in [-0.05, 0) is 44.4 Å². The summed E-state index contributed by atoms with van der Waals surface area (Å²) in [6.07, 6.45) is 3.99. The van der Waals surface area contributed by atoms with Gasteiger partial charge in [0, 0.05) is 24.5 Å². The van der Waals surface area contributed by atoms with Gasteiger partial charge in [0.15, 0.2) is 0 Å². The molecule has 0 bridgehead atoms. The number of nitriles is 1. The van der Waals surface area contributed by atoms with Crippen LogP contribution < -0.4 is 5.73 Å². The van der Waals surface area contributed by atoms with E-state index in [-0.39, 0.29) is 11.7 Å². The molecule has 2 N–H and O–H groups in total. The van der Waals surface area contributed by atoms with Gasteiger partial charge in [-0.25, -0.2) is 0 Å². The van der Waals surface area contributed by atoms with Gasteiger partial charge in [-0.3, -0.25) is 4.79 Å². The Morgan fingerprint density at radius 3 is 2.95 bits per heavy atom. The molecule has 1 aromatic heterocycles. The summed E-state index contributed by atoms with van der Waals surface area (Å²) in [6.45, 7) is 5.63. The molecule has 1 aliphatic heterocycles. The van der Waals surface area contributed by atoms with Crippen molar-refractivity contribution < 1.29 is 9.53 Å². The molecule has 2 heterocycles. The van der Waals surface area contributed by atoms with Crippen molar-refractivity contribution in [2.45, 2.75) is 39.3 Å². The van der Waals surface area contributed by atoms with Crippen LogP contribution in [0, 0.1) is 25.2 Å². The zero-order chi connectivity index (χ0) is 14.7. The molecule has 5 nitrogen and oxygen atoms in total. The third-order valence-electron chi connectivity index (χ3n) is 3.71. The number of aromatic nitrogens is 1. The Kier molecular flexibility index (Phi) is 4.26. The monoisotopic (exact) mass is 273 g/mol. The zero-order valence-electron chi connectivity index (χ0n) is 11.8. The SMILES string of the molecule is Cc1cc(C=C(C#N)C(N)=O)c(C)n1CC1CCCO1. The number of carbonyl (C=O) groups is 1. The fourth-order valence-corrected chi connectivity index (χ4v) is 2.56. The average Bonchev–Trinajstić information content (AvgIpc) is 3.00. The number of nitrogens with zero attached hydrogens (tertiary/aromatic N) is 2. The third kappa shape index (κ3) is 2.91. The van der Waals surface area contributed by atoms with Crippen LogP contribution >= 0.6 is 0 Å². The van der Waals surface area contributed by atoms with Crippen molar-refractivity contribution in [2.75, 3.05) is 6.61 Å². The minimum Gasteiger partial charge on any atom is -0.376 e. The number of amides is 1. The van der Waals surface area contributed by atoms with E-state index in [1.807, 2.05) is 26.0 Å². The lowest BCUT2D eigenvalue weighted by atomic mass is 10.1. The highest BCUT2D eigenvalue weighted by Gasteiger charge is 2.18. The van der Waals surface area contributed by atoms with E-state index in [0.29, 0.717) is 0 Å². The standard InChI is InChI=1S/C15H19N3O2/c1-10-6-12(7-13(8-16)15(17)19)11(2)18(10)9-14-4-3-5-20-14/h6-7,14H,3-5,9H2,1-2H3,(H2,17,19). The number of nitrogens with two attached hydrogens (primary N) is 1. The second-order valence-corrected chi connectivity index (χ2v) is 5.11. The number of hydrogen-bond acceptors (Lipinski definition) is 3. The lowest BCUT2D eigenvalue weighted by Crippen LogP contribution is -2.17. The molecule has 20 heavy (non-hydrogen) atoms. The van der Waals surface area contributed by atoms with Crippen molar-refractivity contribution in [3.05, 3.63) is 28.6 Å². The fraction of sp³-hybridized carbons (Fsp3) is 0.467. The second-order valence-electron chi connectivity index (χ2n) is 5.11. The van der Waals surface area contributed by atoms with Gasteiger partial charge in [0.25, 0.3) is 5.91 Å².